The zero-order valence-corrected chi connectivity index (χ0v) is 15.8. The Hall–Kier alpha value is -1.89. The van der Waals surface area contributed by atoms with Crippen LogP contribution in [-0.2, 0) is 19.1 Å². The van der Waals surface area contributed by atoms with Crippen molar-refractivity contribution in [2.75, 3.05) is 26.3 Å². The summed E-state index contributed by atoms with van der Waals surface area (Å²) in [4.78, 5) is 41.2. The van der Waals surface area contributed by atoms with E-state index in [1.165, 1.54) is 0 Å². The zero-order valence-electron chi connectivity index (χ0n) is 15.8. The number of hydrogen-bond donors (Lipinski definition) is 1. The molecule has 0 unspecified atom stereocenters. The molecule has 0 spiro atoms. The lowest BCUT2D eigenvalue weighted by Crippen LogP contribution is -2.44. The number of aliphatic hydroxyl groups excluding tert-OH is 1. The molecule has 0 radical (unpaired) electrons. The summed E-state index contributed by atoms with van der Waals surface area (Å²) < 4.78 is 5.33. The molecule has 0 saturated carbocycles. The van der Waals surface area contributed by atoms with E-state index in [0.29, 0.717) is 32.4 Å². The Morgan fingerprint density at radius 3 is 2.81 bits per heavy atom. The summed E-state index contributed by atoms with van der Waals surface area (Å²) >= 11 is 0. The molecule has 0 aromatic carbocycles. The second-order valence-corrected chi connectivity index (χ2v) is 7.72. The lowest BCUT2D eigenvalue weighted by Gasteiger charge is -2.30. The van der Waals surface area contributed by atoms with Crippen LogP contribution in [0.2, 0.25) is 0 Å². The fraction of sp³-hybridized carbons (Fsp3) is 0.750. The van der Waals surface area contributed by atoms with Crippen molar-refractivity contribution in [3.8, 4) is 0 Å². The lowest BCUT2D eigenvalue weighted by molar-refractivity contribution is -0.149. The van der Waals surface area contributed by atoms with Gasteiger partial charge in [-0.3, -0.25) is 14.4 Å². The summed E-state index contributed by atoms with van der Waals surface area (Å²) in [5, 5.41) is 9.47. The lowest BCUT2D eigenvalue weighted by atomic mass is 9.97. The van der Waals surface area contributed by atoms with E-state index in [0.717, 1.165) is 25.7 Å². The van der Waals surface area contributed by atoms with E-state index in [2.05, 4.69) is 0 Å². The average molecular weight is 378 g/mol. The number of carbonyl (C=O) groups is 3. The van der Waals surface area contributed by atoms with Gasteiger partial charge in [0.1, 0.15) is 6.61 Å². The van der Waals surface area contributed by atoms with Crippen molar-refractivity contribution in [1.29, 1.82) is 0 Å². The van der Waals surface area contributed by atoms with Crippen LogP contribution in [0, 0.1) is 5.92 Å². The molecule has 3 heterocycles. The van der Waals surface area contributed by atoms with Crippen LogP contribution in [0.3, 0.4) is 0 Å². The van der Waals surface area contributed by atoms with E-state index in [-0.39, 0.29) is 49.5 Å². The minimum Gasteiger partial charge on any atom is -0.463 e. The maximum absolute atomic E-state index is 13.2. The number of hydrogen-bond acceptors (Lipinski definition) is 5. The second kappa shape index (κ2) is 9.35. The maximum Gasteiger partial charge on any atom is 0.306 e. The molecule has 0 aromatic heterocycles. The molecule has 3 atom stereocenters. The first-order valence-electron chi connectivity index (χ1n) is 10.1. The molecule has 27 heavy (non-hydrogen) atoms. The SMILES string of the molecule is O=C1CCC=CC[C@H](CC(=O)N2CCC[C@H]2CO)C(=O)N2CCC[C@H]2CO1. The number of ether oxygens (including phenoxy) is 1. The predicted molar refractivity (Wildman–Crippen MR) is 98.6 cm³/mol. The molecule has 3 aliphatic heterocycles. The highest BCUT2D eigenvalue weighted by Gasteiger charge is 2.36. The molecule has 3 aliphatic rings. The summed E-state index contributed by atoms with van der Waals surface area (Å²) in [5.74, 6) is -0.695. The topological polar surface area (TPSA) is 87.2 Å². The number of esters is 1. The summed E-state index contributed by atoms with van der Waals surface area (Å²) in [5.41, 5.74) is 0. The number of amides is 2. The Labute approximate surface area is 160 Å². The third-order valence-corrected chi connectivity index (χ3v) is 5.88. The minimum absolute atomic E-state index is 0.0214. The highest BCUT2D eigenvalue weighted by molar-refractivity contribution is 5.86. The van der Waals surface area contributed by atoms with Crippen molar-refractivity contribution in [3.63, 3.8) is 0 Å². The van der Waals surface area contributed by atoms with Crippen LogP contribution in [-0.4, -0.2) is 71.1 Å². The largest absolute Gasteiger partial charge is 0.463 e. The van der Waals surface area contributed by atoms with E-state index in [1.54, 1.807) is 9.80 Å². The second-order valence-electron chi connectivity index (χ2n) is 7.72. The van der Waals surface area contributed by atoms with Gasteiger partial charge in [-0.25, -0.2) is 0 Å². The van der Waals surface area contributed by atoms with Gasteiger partial charge in [0.05, 0.1) is 24.6 Å². The number of aliphatic hydroxyl groups is 1. The number of likely N-dealkylation sites (tertiary alicyclic amines) is 1. The maximum atomic E-state index is 13.2. The molecule has 0 bridgehead atoms. The van der Waals surface area contributed by atoms with Crippen molar-refractivity contribution in [3.05, 3.63) is 12.2 Å². The van der Waals surface area contributed by atoms with E-state index < -0.39 is 5.92 Å². The molecule has 7 nitrogen and oxygen atoms in total. The van der Waals surface area contributed by atoms with Gasteiger partial charge in [-0.15, -0.1) is 0 Å². The number of allylic oxidation sites excluding steroid dienone is 2. The van der Waals surface area contributed by atoms with Gasteiger partial charge in [0.2, 0.25) is 11.8 Å². The smallest absolute Gasteiger partial charge is 0.306 e. The summed E-state index contributed by atoms with van der Waals surface area (Å²) in [6.45, 7) is 1.53. The molecule has 7 heteroatoms. The molecule has 3 rings (SSSR count). The fourth-order valence-corrected chi connectivity index (χ4v) is 4.33. The van der Waals surface area contributed by atoms with Gasteiger partial charge in [0.25, 0.3) is 0 Å². The van der Waals surface area contributed by atoms with Crippen molar-refractivity contribution in [2.24, 2.45) is 5.92 Å². The van der Waals surface area contributed by atoms with E-state index in [4.69, 9.17) is 4.74 Å². The van der Waals surface area contributed by atoms with Gasteiger partial charge in [0.15, 0.2) is 0 Å². The molecule has 2 saturated heterocycles. The molecule has 0 aromatic rings. The third-order valence-electron chi connectivity index (χ3n) is 5.88. The third kappa shape index (κ3) is 4.89. The first-order chi connectivity index (χ1) is 13.1. The fourth-order valence-electron chi connectivity index (χ4n) is 4.33. The van der Waals surface area contributed by atoms with Crippen LogP contribution in [0.4, 0.5) is 0 Å². The van der Waals surface area contributed by atoms with Gasteiger partial charge in [0, 0.05) is 25.9 Å². The molecular weight excluding hydrogens is 348 g/mol. The van der Waals surface area contributed by atoms with Crippen molar-refractivity contribution >= 4 is 17.8 Å². The summed E-state index contributed by atoms with van der Waals surface area (Å²) in [6, 6.07) is -0.201. The minimum atomic E-state index is -0.399. The van der Waals surface area contributed by atoms with Gasteiger partial charge < -0.3 is 19.6 Å². The molecule has 0 aliphatic carbocycles. The number of rotatable bonds is 3. The van der Waals surface area contributed by atoms with Crippen molar-refractivity contribution < 1.29 is 24.2 Å². The van der Waals surface area contributed by atoms with E-state index in [1.807, 2.05) is 12.2 Å². The van der Waals surface area contributed by atoms with Crippen LogP contribution < -0.4 is 0 Å². The molecule has 2 fully saturated rings. The van der Waals surface area contributed by atoms with Gasteiger partial charge in [-0.2, -0.15) is 0 Å². The Morgan fingerprint density at radius 1 is 1.19 bits per heavy atom. The summed E-state index contributed by atoms with van der Waals surface area (Å²) in [6.07, 6.45) is 8.83. The Bertz CT molecular complexity index is 591. The van der Waals surface area contributed by atoms with E-state index >= 15 is 0 Å². The Kier molecular flexibility index (Phi) is 6.88. The number of carbonyl (C=O) groups excluding carboxylic acids is 3. The Morgan fingerprint density at radius 2 is 2.00 bits per heavy atom. The van der Waals surface area contributed by atoms with Crippen LogP contribution in [0.25, 0.3) is 0 Å². The van der Waals surface area contributed by atoms with Gasteiger partial charge in [-0.1, -0.05) is 12.2 Å². The molecule has 1 N–H and O–H groups in total. The van der Waals surface area contributed by atoms with Crippen LogP contribution in [0.15, 0.2) is 12.2 Å². The molecule has 150 valence electrons. The molecular formula is C20H30N2O5. The normalized spacial score (nSPS) is 29.9. The van der Waals surface area contributed by atoms with Crippen LogP contribution >= 0.6 is 0 Å². The highest BCUT2D eigenvalue weighted by Crippen LogP contribution is 2.26. The van der Waals surface area contributed by atoms with E-state index in [9.17, 15) is 19.5 Å². The van der Waals surface area contributed by atoms with Gasteiger partial charge in [-0.05, 0) is 38.5 Å². The quantitative estimate of drug-likeness (QED) is 0.590. The first kappa shape index (κ1) is 19.9. The number of fused-ring (bicyclic) bond motifs is 1. The number of nitrogens with zero attached hydrogens (tertiary/aromatic N) is 2. The standard InChI is InChI=1S/C20H30N2O5/c23-13-16-7-4-10-21(16)18(24)12-15-6-2-1-3-9-19(25)27-14-17-8-5-11-22(17)20(15)26/h1-2,15-17,23H,3-14H2/t15-,16+,17+/m1/s1. The van der Waals surface area contributed by atoms with Crippen molar-refractivity contribution in [2.45, 2.75) is 63.5 Å². The summed E-state index contributed by atoms with van der Waals surface area (Å²) in [7, 11) is 0. The number of cyclic esters (lactones) is 1. The van der Waals surface area contributed by atoms with Crippen LogP contribution in [0.5, 0.6) is 0 Å². The van der Waals surface area contributed by atoms with Crippen molar-refractivity contribution in [1.82, 2.24) is 9.80 Å². The monoisotopic (exact) mass is 378 g/mol. The molecule has 2 amide bonds. The average Bonchev–Trinajstić information content (AvgIpc) is 3.32. The van der Waals surface area contributed by atoms with Crippen LogP contribution in [0.1, 0.15) is 51.4 Å². The van der Waals surface area contributed by atoms with Gasteiger partial charge >= 0.3 is 5.97 Å². The zero-order chi connectivity index (χ0) is 19.2. The predicted octanol–water partition coefficient (Wildman–Crippen LogP) is 1.25. The highest BCUT2D eigenvalue weighted by atomic mass is 16.5. The first-order valence-corrected chi connectivity index (χ1v) is 10.1. The Balaban J connectivity index is 1.72.